The lowest BCUT2D eigenvalue weighted by Crippen LogP contribution is -2.60. The van der Waals surface area contributed by atoms with Crippen molar-refractivity contribution < 1.29 is 56.8 Å². The molecule has 1 aliphatic heterocycles. The van der Waals surface area contributed by atoms with Crippen molar-refractivity contribution in [3.05, 3.63) is 24.3 Å². The van der Waals surface area contributed by atoms with Gasteiger partial charge in [-0.25, -0.2) is 0 Å². The van der Waals surface area contributed by atoms with Crippen molar-refractivity contribution in [3.8, 4) is 0 Å². The molecule has 0 radical (unpaired) electrons. The van der Waals surface area contributed by atoms with Gasteiger partial charge in [-0.2, -0.15) is 8.42 Å². The lowest BCUT2D eigenvalue weighted by Gasteiger charge is -2.40. The predicted octanol–water partition coefficient (Wildman–Crippen LogP) is 6.11. The van der Waals surface area contributed by atoms with Crippen LogP contribution in [0.4, 0.5) is 0 Å². The van der Waals surface area contributed by atoms with Gasteiger partial charge >= 0.3 is 11.9 Å². The maximum atomic E-state index is 12.7. The summed E-state index contributed by atoms with van der Waals surface area (Å²) in [6.07, 6.45) is 18.2. The van der Waals surface area contributed by atoms with Gasteiger partial charge in [-0.15, -0.1) is 0 Å². The fraction of sp³-hybridized carbons (Fsp3) is 0.838. The van der Waals surface area contributed by atoms with Crippen LogP contribution in [0.15, 0.2) is 24.3 Å². The Balaban J connectivity index is 2.56. The molecule has 6 unspecified atom stereocenters. The summed E-state index contributed by atoms with van der Waals surface area (Å²) in [5.41, 5.74) is 0. The number of hydrogen-bond acceptors (Lipinski definition) is 11. The second-order valence-corrected chi connectivity index (χ2v) is 14.7. The second kappa shape index (κ2) is 28.7. The van der Waals surface area contributed by atoms with Crippen molar-refractivity contribution in [3.63, 3.8) is 0 Å². The Morgan fingerprint density at radius 1 is 0.660 bits per heavy atom. The summed E-state index contributed by atoms with van der Waals surface area (Å²) in [5.74, 6) is -2.01. The summed E-state index contributed by atoms with van der Waals surface area (Å²) in [6.45, 7) is 3.62. The number of unbranched alkanes of at least 4 members (excludes halogenated alkanes) is 14. The first-order chi connectivity index (χ1) is 24.0. The van der Waals surface area contributed by atoms with E-state index in [9.17, 15) is 37.9 Å². The minimum Gasteiger partial charge on any atom is -0.462 e. The molecular weight excluding hydrogens is 668 g/mol. The summed E-state index contributed by atoms with van der Waals surface area (Å²) in [5, 5.41) is 30.7. The number of esters is 2. The maximum Gasteiger partial charge on any atom is 0.306 e. The van der Waals surface area contributed by atoms with E-state index in [1.807, 2.05) is 0 Å². The molecule has 1 saturated heterocycles. The van der Waals surface area contributed by atoms with Crippen molar-refractivity contribution in [2.75, 3.05) is 19.0 Å². The van der Waals surface area contributed by atoms with Gasteiger partial charge in [0.2, 0.25) is 0 Å². The van der Waals surface area contributed by atoms with Crippen LogP contribution in [0.3, 0.4) is 0 Å². The summed E-state index contributed by atoms with van der Waals surface area (Å²) in [7, 11) is -4.59. The Morgan fingerprint density at radius 3 is 1.66 bits per heavy atom. The minimum absolute atomic E-state index is 0.153. The van der Waals surface area contributed by atoms with Crippen molar-refractivity contribution in [1.82, 2.24) is 0 Å². The van der Waals surface area contributed by atoms with Gasteiger partial charge in [0.25, 0.3) is 10.1 Å². The molecule has 12 nitrogen and oxygen atoms in total. The average Bonchev–Trinajstić information content (AvgIpc) is 3.07. The first-order valence-corrected chi connectivity index (χ1v) is 20.5. The SMILES string of the molecule is CCCC/C=C\CCCCCCCC(=O)OCC(COC1OC(CS(=O)(=O)O)C(O)C(O)C1O)OC(=O)CCCCCCC/C=C\CCCC. The number of aliphatic hydroxyl groups excluding tert-OH is 3. The van der Waals surface area contributed by atoms with Crippen LogP contribution < -0.4 is 0 Å². The number of rotatable bonds is 30. The lowest BCUT2D eigenvalue weighted by atomic mass is 10.00. The number of carbonyl (C=O) groups is 2. The van der Waals surface area contributed by atoms with Crippen molar-refractivity contribution >= 4 is 22.1 Å². The molecule has 1 fully saturated rings. The Bertz CT molecular complexity index is 1050. The zero-order chi connectivity index (χ0) is 37.0. The molecule has 0 aliphatic carbocycles. The van der Waals surface area contributed by atoms with Gasteiger partial charge in [-0.3, -0.25) is 14.1 Å². The van der Waals surface area contributed by atoms with Crippen LogP contribution in [-0.4, -0.2) is 96.0 Å². The molecule has 1 rings (SSSR count). The van der Waals surface area contributed by atoms with E-state index in [4.69, 9.17) is 18.9 Å². The van der Waals surface area contributed by atoms with E-state index in [1.54, 1.807) is 0 Å². The monoisotopic (exact) mass is 734 g/mol. The molecule has 1 heterocycles. The van der Waals surface area contributed by atoms with Crippen LogP contribution in [-0.2, 0) is 38.7 Å². The fourth-order valence-electron chi connectivity index (χ4n) is 5.46. The van der Waals surface area contributed by atoms with E-state index in [2.05, 4.69) is 38.2 Å². The molecule has 0 spiro atoms. The number of ether oxygens (including phenoxy) is 4. The largest absolute Gasteiger partial charge is 0.462 e. The summed E-state index contributed by atoms with van der Waals surface area (Å²) in [6, 6.07) is 0. The molecule has 4 N–H and O–H groups in total. The van der Waals surface area contributed by atoms with Gasteiger partial charge in [-0.1, -0.05) is 102 Å². The molecule has 1 aliphatic rings. The highest BCUT2D eigenvalue weighted by molar-refractivity contribution is 7.85. The highest BCUT2D eigenvalue weighted by Crippen LogP contribution is 2.24. The van der Waals surface area contributed by atoms with Crippen molar-refractivity contribution in [1.29, 1.82) is 0 Å². The van der Waals surface area contributed by atoms with E-state index in [0.717, 1.165) is 77.0 Å². The molecule has 0 saturated carbocycles. The van der Waals surface area contributed by atoms with E-state index >= 15 is 0 Å². The van der Waals surface area contributed by atoms with Gasteiger partial charge in [0, 0.05) is 12.8 Å². The van der Waals surface area contributed by atoms with Crippen LogP contribution in [0, 0.1) is 0 Å². The maximum absolute atomic E-state index is 12.7. The van der Waals surface area contributed by atoms with Gasteiger partial charge in [0.05, 0.1) is 6.61 Å². The smallest absolute Gasteiger partial charge is 0.306 e. The zero-order valence-corrected chi connectivity index (χ0v) is 31.3. The Hall–Kier alpha value is -1.87. The van der Waals surface area contributed by atoms with Crippen molar-refractivity contribution in [2.24, 2.45) is 0 Å². The Morgan fingerprint density at radius 2 is 1.14 bits per heavy atom. The Labute approximate surface area is 300 Å². The third-order valence-corrected chi connectivity index (χ3v) is 9.25. The van der Waals surface area contributed by atoms with E-state index in [-0.39, 0.29) is 19.4 Å². The fourth-order valence-corrected chi connectivity index (χ4v) is 6.15. The Kier molecular flexibility index (Phi) is 26.5. The number of hydrogen-bond donors (Lipinski definition) is 4. The van der Waals surface area contributed by atoms with Gasteiger partial charge in [-0.05, 0) is 51.4 Å². The molecule has 0 bridgehead atoms. The molecule has 0 aromatic heterocycles. The molecule has 6 atom stereocenters. The third-order valence-electron chi connectivity index (χ3n) is 8.50. The van der Waals surface area contributed by atoms with Crippen LogP contribution in [0.1, 0.15) is 142 Å². The number of allylic oxidation sites excluding steroid dienone is 4. The zero-order valence-electron chi connectivity index (χ0n) is 30.5. The highest BCUT2D eigenvalue weighted by atomic mass is 32.2. The molecule has 50 heavy (non-hydrogen) atoms. The van der Waals surface area contributed by atoms with Crippen molar-refractivity contribution in [2.45, 2.75) is 179 Å². The normalized spacial score (nSPS) is 21.9. The van der Waals surface area contributed by atoms with Crippen LogP contribution >= 0.6 is 0 Å². The molecule has 0 amide bonds. The molecule has 0 aromatic carbocycles. The van der Waals surface area contributed by atoms with Crippen LogP contribution in [0.2, 0.25) is 0 Å². The van der Waals surface area contributed by atoms with Crippen LogP contribution in [0.5, 0.6) is 0 Å². The average molecular weight is 735 g/mol. The topological polar surface area (TPSA) is 186 Å². The van der Waals surface area contributed by atoms with E-state index < -0.39 is 71.2 Å². The third kappa shape index (κ3) is 23.6. The lowest BCUT2D eigenvalue weighted by molar-refractivity contribution is -0.297. The number of aliphatic hydroxyl groups is 3. The summed E-state index contributed by atoms with van der Waals surface area (Å²) in [4.78, 5) is 25.2. The highest BCUT2D eigenvalue weighted by Gasteiger charge is 2.46. The van der Waals surface area contributed by atoms with E-state index in [0.29, 0.717) is 12.8 Å². The standard InChI is InChI=1S/C37H66O12S/c1-3-5-7-9-11-13-15-17-19-21-23-25-32(38)46-27-30(48-33(39)26-24-22-20-18-16-14-12-10-8-6-4-2)28-47-37-36(42)35(41)34(40)31(49-37)29-50(43,44)45/h9-12,30-31,34-37,40-42H,3-8,13-29H2,1-2H3,(H,43,44,45)/b11-9-,12-10-. The first kappa shape index (κ1) is 46.2. The van der Waals surface area contributed by atoms with Gasteiger partial charge in [0.15, 0.2) is 12.4 Å². The quantitative estimate of drug-likeness (QED) is 0.0288. The summed E-state index contributed by atoms with van der Waals surface area (Å²) < 4.78 is 53.7. The molecule has 0 aromatic rings. The van der Waals surface area contributed by atoms with E-state index in [1.165, 1.54) is 25.7 Å². The van der Waals surface area contributed by atoms with Gasteiger partial charge in [0.1, 0.15) is 36.8 Å². The molecule has 13 heteroatoms. The molecule has 292 valence electrons. The predicted molar refractivity (Wildman–Crippen MR) is 192 cm³/mol. The second-order valence-electron chi connectivity index (χ2n) is 13.2. The number of carbonyl (C=O) groups excluding carboxylic acids is 2. The van der Waals surface area contributed by atoms with Crippen LogP contribution in [0.25, 0.3) is 0 Å². The summed E-state index contributed by atoms with van der Waals surface area (Å²) >= 11 is 0. The molecular formula is C37H66O12S. The first-order valence-electron chi connectivity index (χ1n) is 18.9. The van der Waals surface area contributed by atoms with Gasteiger partial charge < -0.3 is 34.3 Å². The minimum atomic E-state index is -4.59.